The topological polar surface area (TPSA) is 58.2 Å². The first-order valence-electron chi connectivity index (χ1n) is 10.3. The van der Waals surface area contributed by atoms with Gasteiger partial charge < -0.3 is 5.32 Å². The second-order valence-corrected chi connectivity index (χ2v) is 9.64. The number of hydrogen-bond donors (Lipinski definition) is 2. The molecule has 0 heterocycles. The van der Waals surface area contributed by atoms with Gasteiger partial charge in [-0.3, -0.25) is 4.72 Å². The van der Waals surface area contributed by atoms with E-state index in [0.717, 1.165) is 79.3 Å². The molecule has 0 radical (unpaired) electrons. The van der Waals surface area contributed by atoms with Crippen molar-refractivity contribution in [2.45, 2.75) is 56.9 Å². The van der Waals surface area contributed by atoms with Crippen molar-refractivity contribution in [3.05, 3.63) is 46.5 Å². The van der Waals surface area contributed by atoms with Crippen molar-refractivity contribution in [2.24, 2.45) is 0 Å². The minimum absolute atomic E-state index is 0.00319. The van der Waals surface area contributed by atoms with Crippen LogP contribution in [-0.2, 0) is 35.7 Å². The van der Waals surface area contributed by atoms with Gasteiger partial charge in [-0.1, -0.05) is 12.1 Å². The largest absolute Gasteiger partial charge is 0.516 e. The van der Waals surface area contributed by atoms with E-state index in [1.807, 2.05) is 10.8 Å². The second-order valence-electron chi connectivity index (χ2n) is 7.97. The number of anilines is 2. The summed E-state index contributed by atoms with van der Waals surface area (Å²) in [6.07, 6.45) is 7.35. The quantitative estimate of drug-likeness (QED) is 0.671. The van der Waals surface area contributed by atoms with Crippen molar-refractivity contribution in [3.63, 3.8) is 0 Å². The van der Waals surface area contributed by atoms with Crippen LogP contribution >= 0.6 is 0 Å². The Labute approximate surface area is 174 Å². The van der Waals surface area contributed by atoms with Crippen LogP contribution in [0.5, 0.6) is 0 Å². The number of alkyl halides is 3. The molecule has 2 N–H and O–H groups in total. The minimum atomic E-state index is -5.52. The van der Waals surface area contributed by atoms with Crippen LogP contribution in [0.25, 0.3) is 11.1 Å². The normalized spacial score (nSPS) is 16.5. The van der Waals surface area contributed by atoms with Gasteiger partial charge in [0.2, 0.25) is 0 Å². The predicted octanol–water partition coefficient (Wildman–Crippen LogP) is 5.41. The molecule has 2 aliphatic carbocycles. The molecule has 2 aliphatic rings. The van der Waals surface area contributed by atoms with E-state index in [4.69, 9.17) is 0 Å². The fourth-order valence-electron chi connectivity index (χ4n) is 4.72. The minimum Gasteiger partial charge on any atom is -0.388 e. The summed E-state index contributed by atoms with van der Waals surface area (Å²) >= 11 is 0. The summed E-state index contributed by atoms with van der Waals surface area (Å²) in [5, 5.41) is 3.17. The summed E-state index contributed by atoms with van der Waals surface area (Å²) in [6.45, 7) is 0. The smallest absolute Gasteiger partial charge is 0.388 e. The van der Waals surface area contributed by atoms with Crippen molar-refractivity contribution in [2.75, 3.05) is 17.1 Å². The highest BCUT2D eigenvalue weighted by Crippen LogP contribution is 2.45. The molecule has 0 fully saturated rings. The van der Waals surface area contributed by atoms with Crippen LogP contribution in [0.3, 0.4) is 0 Å². The van der Waals surface area contributed by atoms with Crippen LogP contribution < -0.4 is 10.0 Å². The third-order valence-corrected chi connectivity index (χ3v) is 7.23. The number of halogens is 3. The van der Waals surface area contributed by atoms with Gasteiger partial charge in [-0.2, -0.15) is 21.6 Å². The molecule has 0 atom stereocenters. The van der Waals surface area contributed by atoms with Gasteiger partial charge in [0.25, 0.3) is 0 Å². The molecule has 2 aromatic carbocycles. The maximum absolute atomic E-state index is 13.1. The molecule has 4 rings (SSSR count). The fraction of sp³-hybridized carbons (Fsp3) is 0.455. The molecule has 0 amide bonds. The fourth-order valence-corrected chi connectivity index (χ4v) is 5.30. The highest BCUT2D eigenvalue weighted by molar-refractivity contribution is 7.93. The molecule has 0 aromatic heterocycles. The number of rotatable bonds is 4. The van der Waals surface area contributed by atoms with Crippen LogP contribution in [0.1, 0.15) is 47.9 Å². The lowest BCUT2D eigenvalue weighted by Gasteiger charge is -2.28. The zero-order chi connectivity index (χ0) is 21.5. The van der Waals surface area contributed by atoms with Gasteiger partial charge in [0, 0.05) is 23.9 Å². The maximum atomic E-state index is 13.1. The average Bonchev–Trinajstić information content (AvgIpc) is 2.72. The van der Waals surface area contributed by atoms with Gasteiger partial charge in [0.05, 0.1) is 5.69 Å². The lowest BCUT2D eigenvalue weighted by molar-refractivity contribution is -0.0429. The van der Waals surface area contributed by atoms with Crippen molar-refractivity contribution in [1.29, 1.82) is 0 Å². The summed E-state index contributed by atoms with van der Waals surface area (Å²) in [5.74, 6) is 0. The van der Waals surface area contributed by atoms with Gasteiger partial charge in [0.15, 0.2) is 0 Å². The monoisotopic (exact) mass is 438 g/mol. The number of aryl methyl sites for hydroxylation is 2. The van der Waals surface area contributed by atoms with Gasteiger partial charge in [-0.25, -0.2) is 0 Å². The lowest BCUT2D eigenvalue weighted by atomic mass is 9.79. The molecule has 0 saturated heterocycles. The van der Waals surface area contributed by atoms with Crippen LogP contribution in [0, 0.1) is 0 Å². The summed E-state index contributed by atoms with van der Waals surface area (Å²) in [5.41, 5.74) is 1.22. The molecule has 2 aromatic rings. The van der Waals surface area contributed by atoms with Crippen molar-refractivity contribution < 1.29 is 21.6 Å². The zero-order valence-corrected chi connectivity index (χ0v) is 17.6. The molecule has 30 heavy (non-hydrogen) atoms. The molecular weight excluding hydrogens is 413 g/mol. The zero-order valence-electron chi connectivity index (χ0n) is 16.8. The first-order chi connectivity index (χ1) is 14.2. The number of nitrogens with one attached hydrogen (secondary N) is 2. The van der Waals surface area contributed by atoms with E-state index in [1.165, 1.54) is 11.6 Å². The highest BCUT2D eigenvalue weighted by Gasteiger charge is 2.46. The van der Waals surface area contributed by atoms with E-state index in [2.05, 4.69) is 11.4 Å². The maximum Gasteiger partial charge on any atom is 0.516 e. The van der Waals surface area contributed by atoms with Crippen LogP contribution in [0.4, 0.5) is 24.5 Å². The van der Waals surface area contributed by atoms with E-state index in [0.29, 0.717) is 5.56 Å². The summed E-state index contributed by atoms with van der Waals surface area (Å²) < 4.78 is 65.2. The molecule has 8 heteroatoms. The molecule has 0 spiro atoms. The van der Waals surface area contributed by atoms with Crippen molar-refractivity contribution >= 4 is 21.4 Å². The molecule has 0 bridgehead atoms. The number of sulfonamides is 1. The van der Waals surface area contributed by atoms with E-state index in [-0.39, 0.29) is 5.69 Å². The summed E-state index contributed by atoms with van der Waals surface area (Å²) in [6, 6.07) is 7.27. The predicted molar refractivity (Wildman–Crippen MR) is 113 cm³/mol. The van der Waals surface area contributed by atoms with E-state index in [9.17, 15) is 21.6 Å². The molecule has 0 saturated carbocycles. The molecule has 4 nitrogen and oxygen atoms in total. The summed E-state index contributed by atoms with van der Waals surface area (Å²) in [4.78, 5) is 0. The molecular formula is C22H25F3N2O2S. The van der Waals surface area contributed by atoms with E-state index in [1.54, 1.807) is 13.1 Å². The Bertz CT molecular complexity index is 1080. The first-order valence-corrected chi connectivity index (χ1v) is 11.8. The Morgan fingerprint density at radius 2 is 1.23 bits per heavy atom. The average molecular weight is 439 g/mol. The van der Waals surface area contributed by atoms with Crippen LogP contribution in [-0.4, -0.2) is 21.0 Å². The molecule has 162 valence electrons. The van der Waals surface area contributed by atoms with Crippen LogP contribution in [0.2, 0.25) is 0 Å². The molecule has 0 unspecified atom stereocenters. The Morgan fingerprint density at radius 1 is 0.767 bits per heavy atom. The Kier molecular flexibility index (Phi) is 5.46. The summed E-state index contributed by atoms with van der Waals surface area (Å²) in [7, 11) is -3.74. The van der Waals surface area contributed by atoms with E-state index >= 15 is 0 Å². The van der Waals surface area contributed by atoms with Gasteiger partial charge in [-0.15, -0.1) is 0 Å². The van der Waals surface area contributed by atoms with Crippen molar-refractivity contribution in [3.8, 4) is 11.1 Å². The lowest BCUT2D eigenvalue weighted by Crippen LogP contribution is -2.30. The van der Waals surface area contributed by atoms with Gasteiger partial charge >= 0.3 is 15.5 Å². The Morgan fingerprint density at radius 3 is 1.73 bits per heavy atom. The second kappa shape index (κ2) is 7.80. The first kappa shape index (κ1) is 21.0. The van der Waals surface area contributed by atoms with Crippen molar-refractivity contribution in [1.82, 2.24) is 0 Å². The number of hydrogen-bond acceptors (Lipinski definition) is 3. The standard InChI is InChI=1S/C22H25F3N2O2S/c1-26-18-12-10-14-6-2-4-8-16(14)20(18)21-17-9-5-3-7-15(17)11-13-19(21)27-30(28,29)22(23,24)25/h10-13,26-27H,2-9H2,1H3. The molecule has 0 aliphatic heterocycles. The van der Waals surface area contributed by atoms with Crippen LogP contribution in [0.15, 0.2) is 24.3 Å². The third-order valence-electron chi connectivity index (χ3n) is 6.13. The third kappa shape index (κ3) is 3.66. The SMILES string of the molecule is CNc1ccc2c(c1-c1c(NS(=O)(=O)C(F)(F)F)ccc3c1CCCC3)CCCC2. The number of benzene rings is 2. The van der Waals surface area contributed by atoms with Gasteiger partial charge in [0.1, 0.15) is 0 Å². The number of fused-ring (bicyclic) bond motifs is 2. The van der Waals surface area contributed by atoms with Gasteiger partial charge in [-0.05, 0) is 85.8 Å². The highest BCUT2D eigenvalue weighted by atomic mass is 32.2. The Hall–Kier alpha value is -2.22. The van der Waals surface area contributed by atoms with E-state index < -0.39 is 15.5 Å². The Balaban J connectivity index is 2.00.